The van der Waals surface area contributed by atoms with Crippen molar-refractivity contribution in [3.8, 4) is 10.6 Å². The fourth-order valence-corrected chi connectivity index (χ4v) is 4.27. The van der Waals surface area contributed by atoms with Gasteiger partial charge in [-0.25, -0.2) is 4.98 Å². The third kappa shape index (κ3) is 4.50. The van der Waals surface area contributed by atoms with Crippen LogP contribution < -0.4 is 10.6 Å². The van der Waals surface area contributed by atoms with Gasteiger partial charge in [0, 0.05) is 22.5 Å². The Morgan fingerprint density at radius 3 is 2.48 bits per heavy atom. The van der Waals surface area contributed by atoms with E-state index in [0.29, 0.717) is 10.7 Å². The molecule has 0 saturated heterocycles. The van der Waals surface area contributed by atoms with Gasteiger partial charge in [0.1, 0.15) is 5.01 Å². The molecule has 0 aliphatic rings. The highest BCUT2D eigenvalue weighted by molar-refractivity contribution is 7.80. The summed E-state index contributed by atoms with van der Waals surface area (Å²) in [4.78, 5) is 16.2. The second-order valence-electron chi connectivity index (χ2n) is 6.78. The van der Waals surface area contributed by atoms with Gasteiger partial charge in [-0.2, -0.15) is 0 Å². The molecule has 4 rings (SSSR count). The lowest BCUT2D eigenvalue weighted by molar-refractivity contribution is 0.101. The van der Waals surface area contributed by atoms with Gasteiger partial charge in [-0.05, 0) is 80.2 Å². The van der Waals surface area contributed by atoms with Crippen LogP contribution in [0.5, 0.6) is 0 Å². The second kappa shape index (κ2) is 8.11. The van der Waals surface area contributed by atoms with Crippen molar-refractivity contribution in [3.63, 3.8) is 0 Å². The van der Waals surface area contributed by atoms with Gasteiger partial charge in [0.25, 0.3) is 0 Å². The molecular formula is C23H19N3OS2. The number of aromatic nitrogens is 1. The van der Waals surface area contributed by atoms with Gasteiger partial charge in [-0.15, -0.1) is 11.3 Å². The van der Waals surface area contributed by atoms with Gasteiger partial charge < -0.3 is 10.6 Å². The van der Waals surface area contributed by atoms with Gasteiger partial charge in [0.2, 0.25) is 0 Å². The number of fused-ring (bicyclic) bond motifs is 1. The molecule has 144 valence electrons. The van der Waals surface area contributed by atoms with Crippen molar-refractivity contribution in [1.29, 1.82) is 0 Å². The van der Waals surface area contributed by atoms with Gasteiger partial charge in [0.15, 0.2) is 10.9 Å². The van der Waals surface area contributed by atoms with E-state index < -0.39 is 0 Å². The zero-order chi connectivity index (χ0) is 20.4. The van der Waals surface area contributed by atoms with Crippen molar-refractivity contribution in [1.82, 2.24) is 4.98 Å². The Balaban J connectivity index is 1.45. The topological polar surface area (TPSA) is 54.0 Å². The number of rotatable bonds is 4. The number of carbonyl (C=O) groups is 1. The fraction of sp³-hybridized carbons (Fsp3) is 0.0870. The summed E-state index contributed by atoms with van der Waals surface area (Å²) in [5.41, 5.74) is 5.64. The number of carbonyl (C=O) groups excluding carboxylic acids is 1. The molecule has 2 N–H and O–H groups in total. The smallest absolute Gasteiger partial charge is 0.175 e. The van der Waals surface area contributed by atoms with E-state index in [2.05, 4.69) is 35.8 Å². The summed E-state index contributed by atoms with van der Waals surface area (Å²) < 4.78 is 1.19. The lowest BCUT2D eigenvalue weighted by Gasteiger charge is -2.11. The first kappa shape index (κ1) is 19.2. The number of nitrogens with zero attached hydrogens (tertiary/aromatic N) is 1. The zero-order valence-corrected chi connectivity index (χ0v) is 17.7. The SMILES string of the molecule is CC(=O)c1cccc(NC(=S)Nc2ccc(-c3nc4ccc(C)cc4s3)cc2)c1. The van der Waals surface area contributed by atoms with Crippen LogP contribution in [0.25, 0.3) is 20.8 Å². The van der Waals surface area contributed by atoms with E-state index >= 15 is 0 Å². The van der Waals surface area contributed by atoms with Crippen LogP contribution in [0.4, 0.5) is 11.4 Å². The molecule has 0 aliphatic carbocycles. The Morgan fingerprint density at radius 2 is 1.72 bits per heavy atom. The van der Waals surface area contributed by atoms with Crippen LogP contribution in [-0.2, 0) is 0 Å². The van der Waals surface area contributed by atoms with Crippen molar-refractivity contribution >= 4 is 56.0 Å². The number of anilines is 2. The first-order chi connectivity index (χ1) is 14.0. The average Bonchev–Trinajstić information content (AvgIpc) is 3.11. The molecule has 0 aliphatic heterocycles. The lowest BCUT2D eigenvalue weighted by Crippen LogP contribution is -2.19. The molecule has 0 spiro atoms. The third-order valence-corrected chi connectivity index (χ3v) is 5.73. The quantitative estimate of drug-likeness (QED) is 0.302. The van der Waals surface area contributed by atoms with E-state index in [1.165, 1.54) is 10.3 Å². The standard InChI is InChI=1S/C23H19N3OS2/c1-14-6-11-20-21(12-14)29-22(26-20)16-7-9-18(10-8-16)24-23(28)25-19-5-3-4-17(13-19)15(2)27/h3-13H,1-2H3,(H2,24,25,28). The predicted octanol–water partition coefficient (Wildman–Crippen LogP) is 6.28. The number of hydrogen-bond acceptors (Lipinski definition) is 4. The average molecular weight is 418 g/mol. The number of benzene rings is 3. The van der Waals surface area contributed by atoms with Crippen molar-refractivity contribution in [2.24, 2.45) is 0 Å². The Kier molecular flexibility index (Phi) is 5.38. The highest BCUT2D eigenvalue weighted by Crippen LogP contribution is 2.31. The molecule has 0 atom stereocenters. The maximum atomic E-state index is 11.5. The minimum atomic E-state index is 0.0214. The summed E-state index contributed by atoms with van der Waals surface area (Å²) >= 11 is 7.08. The van der Waals surface area contributed by atoms with Crippen LogP contribution in [0.2, 0.25) is 0 Å². The van der Waals surface area contributed by atoms with E-state index in [9.17, 15) is 4.79 Å². The number of thiocarbonyl (C=S) groups is 1. The zero-order valence-electron chi connectivity index (χ0n) is 16.0. The van der Waals surface area contributed by atoms with E-state index in [1.807, 2.05) is 36.4 Å². The Labute approximate surface area is 178 Å². The summed E-state index contributed by atoms with van der Waals surface area (Å²) in [7, 11) is 0. The van der Waals surface area contributed by atoms with Crippen LogP contribution in [-0.4, -0.2) is 15.9 Å². The number of ketones is 1. The van der Waals surface area contributed by atoms with E-state index in [1.54, 1.807) is 30.4 Å². The third-order valence-electron chi connectivity index (χ3n) is 4.46. The number of aryl methyl sites for hydroxylation is 1. The molecule has 0 fully saturated rings. The molecule has 0 bridgehead atoms. The largest absolute Gasteiger partial charge is 0.332 e. The highest BCUT2D eigenvalue weighted by atomic mass is 32.1. The molecule has 1 aromatic heterocycles. The molecule has 4 nitrogen and oxygen atoms in total. The Morgan fingerprint density at radius 1 is 0.966 bits per heavy atom. The summed E-state index contributed by atoms with van der Waals surface area (Å²) in [6.45, 7) is 3.64. The lowest BCUT2D eigenvalue weighted by atomic mass is 10.1. The molecule has 0 amide bonds. The molecular weight excluding hydrogens is 398 g/mol. The maximum absolute atomic E-state index is 11.5. The van der Waals surface area contributed by atoms with Crippen molar-refractivity contribution in [3.05, 3.63) is 77.9 Å². The van der Waals surface area contributed by atoms with Crippen molar-refractivity contribution in [2.75, 3.05) is 10.6 Å². The van der Waals surface area contributed by atoms with Crippen molar-refractivity contribution in [2.45, 2.75) is 13.8 Å². The van der Waals surface area contributed by atoms with Crippen LogP contribution in [0.1, 0.15) is 22.8 Å². The molecule has 0 radical (unpaired) electrons. The number of nitrogens with one attached hydrogen (secondary N) is 2. The van der Waals surface area contributed by atoms with E-state index in [0.717, 1.165) is 27.5 Å². The molecule has 29 heavy (non-hydrogen) atoms. The van der Waals surface area contributed by atoms with Crippen LogP contribution in [0.3, 0.4) is 0 Å². The Hall–Kier alpha value is -3.09. The van der Waals surface area contributed by atoms with Gasteiger partial charge in [-0.3, -0.25) is 4.79 Å². The highest BCUT2D eigenvalue weighted by Gasteiger charge is 2.07. The summed E-state index contributed by atoms with van der Waals surface area (Å²) in [6.07, 6.45) is 0. The van der Waals surface area contributed by atoms with Crippen LogP contribution in [0, 0.1) is 6.92 Å². The molecule has 6 heteroatoms. The first-order valence-corrected chi connectivity index (χ1v) is 10.4. The second-order valence-corrected chi connectivity index (χ2v) is 8.22. The minimum absolute atomic E-state index is 0.0214. The fourth-order valence-electron chi connectivity index (χ4n) is 2.96. The number of Topliss-reactive ketones (excluding diaryl/α,β-unsaturated/α-hetero) is 1. The first-order valence-electron chi connectivity index (χ1n) is 9.14. The molecule has 0 unspecified atom stereocenters. The normalized spacial score (nSPS) is 10.7. The number of hydrogen-bond donors (Lipinski definition) is 2. The van der Waals surface area contributed by atoms with Gasteiger partial charge in [0.05, 0.1) is 10.2 Å². The van der Waals surface area contributed by atoms with E-state index in [4.69, 9.17) is 17.2 Å². The van der Waals surface area contributed by atoms with E-state index in [-0.39, 0.29) is 5.78 Å². The Bertz CT molecular complexity index is 1210. The van der Waals surface area contributed by atoms with Crippen molar-refractivity contribution < 1.29 is 4.79 Å². The monoisotopic (exact) mass is 417 g/mol. The predicted molar refractivity (Wildman–Crippen MR) is 126 cm³/mol. The summed E-state index contributed by atoms with van der Waals surface area (Å²) in [5.74, 6) is 0.0214. The molecule has 3 aromatic carbocycles. The molecule has 1 heterocycles. The van der Waals surface area contributed by atoms with Crippen LogP contribution >= 0.6 is 23.6 Å². The minimum Gasteiger partial charge on any atom is -0.332 e. The van der Waals surface area contributed by atoms with Gasteiger partial charge in [-0.1, -0.05) is 18.2 Å². The molecule has 4 aromatic rings. The summed E-state index contributed by atoms with van der Waals surface area (Å²) in [5, 5.41) is 7.75. The maximum Gasteiger partial charge on any atom is 0.175 e. The number of thiazole rings is 1. The van der Waals surface area contributed by atoms with Gasteiger partial charge >= 0.3 is 0 Å². The molecule has 0 saturated carbocycles. The summed E-state index contributed by atoms with van der Waals surface area (Å²) in [6, 6.07) is 21.6. The van der Waals surface area contributed by atoms with Crippen LogP contribution in [0.15, 0.2) is 66.7 Å².